The van der Waals surface area contributed by atoms with Crippen LogP contribution >= 0.6 is 0 Å². The van der Waals surface area contributed by atoms with Crippen molar-refractivity contribution >= 4 is 67.2 Å². The van der Waals surface area contributed by atoms with Gasteiger partial charge in [-0.05, 0) is 143 Å². The highest BCUT2D eigenvalue weighted by Crippen LogP contribution is 2.51. The van der Waals surface area contributed by atoms with E-state index in [1.807, 2.05) is 30.3 Å². The third-order valence-corrected chi connectivity index (χ3v) is 13.6. The zero-order valence-corrected chi connectivity index (χ0v) is 34.7. The highest BCUT2D eigenvalue weighted by molar-refractivity contribution is 6.19. The molecule has 2 aromatic heterocycles. The Kier molecular flexibility index (Phi) is 8.13. The molecule has 0 amide bonds. The molecule has 0 aliphatic heterocycles. The molecule has 2 aliphatic carbocycles. The van der Waals surface area contributed by atoms with Crippen molar-refractivity contribution in [3.63, 3.8) is 0 Å². The minimum Gasteiger partial charge on any atom is -0.398 e. The summed E-state index contributed by atoms with van der Waals surface area (Å²) in [6.07, 6.45) is 7.79. The van der Waals surface area contributed by atoms with Crippen molar-refractivity contribution in [2.75, 3.05) is 0 Å². The quantitative estimate of drug-likeness (QED) is 0.162. The fourth-order valence-corrected chi connectivity index (χ4v) is 10.9. The van der Waals surface area contributed by atoms with Gasteiger partial charge >= 0.3 is 0 Å². The van der Waals surface area contributed by atoms with Crippen LogP contribution in [0, 0.1) is 5.41 Å². The zero-order valence-electron chi connectivity index (χ0n) is 34.7. The molecule has 0 fully saturated rings. The molecule has 2 heterocycles. The summed E-state index contributed by atoms with van der Waals surface area (Å²) in [7, 11) is 0. The number of hydrogen-bond donors (Lipinski definition) is 2. The Morgan fingerprint density at radius 2 is 1.08 bits per heavy atom. The summed E-state index contributed by atoms with van der Waals surface area (Å²) in [5, 5.41) is 16.6. The first-order chi connectivity index (χ1) is 30.5. The maximum Gasteiger partial charge on any atom is 0.0690 e. The Hall–Kier alpha value is -7.69. The molecule has 0 unspecified atom stereocenters. The van der Waals surface area contributed by atoms with E-state index in [4.69, 9.17) is 5.73 Å². The molecule has 0 bridgehead atoms. The van der Waals surface area contributed by atoms with Crippen LogP contribution in [0.4, 0.5) is 0 Å². The van der Waals surface area contributed by atoms with E-state index in [0.29, 0.717) is 5.71 Å². The molecular formula is C58H44N4. The second kappa shape index (κ2) is 13.9. The second-order valence-corrected chi connectivity index (χ2v) is 16.8. The highest BCUT2D eigenvalue weighted by Gasteiger charge is 2.33. The van der Waals surface area contributed by atoms with Crippen LogP contribution in [0.5, 0.6) is 0 Å². The van der Waals surface area contributed by atoms with Gasteiger partial charge in [-0.3, -0.25) is 5.41 Å². The topological polar surface area (TPSA) is 59.7 Å². The van der Waals surface area contributed by atoms with Crippen LogP contribution < -0.4 is 16.2 Å². The van der Waals surface area contributed by atoms with Crippen molar-refractivity contribution in [2.45, 2.75) is 32.6 Å². The minimum absolute atomic E-state index is 0.510. The largest absolute Gasteiger partial charge is 0.398 e. The van der Waals surface area contributed by atoms with Gasteiger partial charge in [0.25, 0.3) is 0 Å². The molecule has 10 aromatic rings. The van der Waals surface area contributed by atoms with Crippen LogP contribution in [0.2, 0.25) is 0 Å². The number of nitrogens with one attached hydrogen (secondary N) is 1. The van der Waals surface area contributed by atoms with Gasteiger partial charge in [-0.25, -0.2) is 0 Å². The van der Waals surface area contributed by atoms with Gasteiger partial charge in [0.05, 0.1) is 27.8 Å². The van der Waals surface area contributed by atoms with E-state index >= 15 is 0 Å². The highest BCUT2D eigenvalue weighted by atomic mass is 15.0. The second-order valence-electron chi connectivity index (χ2n) is 16.8. The summed E-state index contributed by atoms with van der Waals surface area (Å²) >= 11 is 0. The predicted molar refractivity (Wildman–Crippen MR) is 260 cm³/mol. The lowest BCUT2D eigenvalue weighted by molar-refractivity contribution is 0.883. The number of benzene rings is 8. The van der Waals surface area contributed by atoms with Gasteiger partial charge in [0.1, 0.15) is 0 Å². The van der Waals surface area contributed by atoms with Gasteiger partial charge in [0.2, 0.25) is 0 Å². The average molecular weight is 797 g/mol. The Labute approximate surface area is 360 Å². The fraction of sp³-hybridized carbons (Fsp3) is 0.0862. The summed E-state index contributed by atoms with van der Waals surface area (Å²) in [6.45, 7) is 6.11. The summed E-state index contributed by atoms with van der Waals surface area (Å²) in [5.74, 6) is 0. The lowest BCUT2D eigenvalue weighted by Crippen LogP contribution is -2.29. The van der Waals surface area contributed by atoms with Crippen LogP contribution in [0.15, 0.2) is 164 Å². The maximum atomic E-state index is 9.40. The van der Waals surface area contributed by atoms with Crippen molar-refractivity contribution in [3.8, 4) is 22.5 Å². The zero-order chi connectivity index (χ0) is 41.6. The first kappa shape index (κ1) is 36.2. The average Bonchev–Trinajstić information content (AvgIpc) is 3.85. The molecule has 0 radical (unpaired) electrons. The molecule has 3 N–H and O–H groups in total. The number of hydrogen-bond acceptors (Lipinski definition) is 2. The van der Waals surface area contributed by atoms with Gasteiger partial charge in [0, 0.05) is 55.0 Å². The van der Waals surface area contributed by atoms with Gasteiger partial charge in [0.15, 0.2) is 0 Å². The third kappa shape index (κ3) is 5.23. The van der Waals surface area contributed by atoms with Crippen LogP contribution in [0.3, 0.4) is 0 Å². The first-order valence-electron chi connectivity index (χ1n) is 21.7. The van der Waals surface area contributed by atoms with Crippen LogP contribution in [-0.2, 0) is 25.7 Å². The van der Waals surface area contributed by atoms with E-state index in [9.17, 15) is 5.41 Å². The number of aromatic nitrogens is 2. The molecular weight excluding hydrogens is 753 g/mol. The molecule has 8 aromatic carbocycles. The van der Waals surface area contributed by atoms with Crippen molar-refractivity contribution < 1.29 is 0 Å². The summed E-state index contributed by atoms with van der Waals surface area (Å²) in [4.78, 5) is 0. The SMILES string of the molecule is C=Cc1ccccc1C(=N)c1ccc2c(c1)c1cc3c4c(c1n2-c1ccccc1)CCc1cc2c5cc(/C(N)=c6\cccc\c6=C\C)ccc5n(-c5ccccc5)c2c(c1-4)CC3. The number of nitrogens with two attached hydrogens (primary N) is 1. The normalized spacial score (nSPS) is 13.9. The lowest BCUT2D eigenvalue weighted by atomic mass is 9.74. The van der Waals surface area contributed by atoms with Gasteiger partial charge < -0.3 is 14.9 Å². The summed E-state index contributed by atoms with van der Waals surface area (Å²) in [6, 6.07) is 56.6. The van der Waals surface area contributed by atoms with Gasteiger partial charge in [-0.1, -0.05) is 116 Å². The lowest BCUT2D eigenvalue weighted by Gasteiger charge is -2.31. The fourth-order valence-electron chi connectivity index (χ4n) is 10.9. The van der Waals surface area contributed by atoms with E-state index in [-0.39, 0.29) is 0 Å². The minimum atomic E-state index is 0.510. The number of rotatable bonds is 6. The van der Waals surface area contributed by atoms with E-state index < -0.39 is 0 Å². The summed E-state index contributed by atoms with van der Waals surface area (Å²) in [5.41, 5.74) is 28.0. The number of fused-ring (bicyclic) bond motifs is 8. The Morgan fingerprint density at radius 3 is 1.66 bits per heavy atom. The van der Waals surface area contributed by atoms with Crippen LogP contribution in [0.1, 0.15) is 51.4 Å². The molecule has 62 heavy (non-hydrogen) atoms. The molecule has 4 nitrogen and oxygen atoms in total. The smallest absolute Gasteiger partial charge is 0.0690 e. The van der Waals surface area contributed by atoms with E-state index in [1.165, 1.54) is 71.5 Å². The maximum absolute atomic E-state index is 9.40. The van der Waals surface area contributed by atoms with Crippen molar-refractivity contribution in [3.05, 3.63) is 219 Å². The molecule has 2 aliphatic rings. The van der Waals surface area contributed by atoms with Crippen molar-refractivity contribution in [1.29, 1.82) is 5.41 Å². The number of nitrogens with zero attached hydrogens (tertiary/aromatic N) is 2. The standard InChI is InChI=1S/C58H44N4/c1-3-35-15-11-13-21-43(35)55(59)39-25-29-51-47(33-39)49-31-37-23-28-46-54-38(24-27-45(53(37)54)57(49)61(51)41-17-7-5-8-18-41)32-50-48-34-40(56(60)44-22-14-12-16-36(44)4-2)26-30-52(48)62(58(46)50)42-19-9-6-10-20-42/h3-22,25-26,29-34,59H,1,23-24,27-28,60H2,2H3/b36-4-,56-44-,59-55?. The molecule has 0 spiro atoms. The Balaban J connectivity index is 1.14. The first-order valence-corrected chi connectivity index (χ1v) is 21.7. The molecule has 4 heteroatoms. The number of aryl methyl sites for hydroxylation is 4. The number of para-hydroxylation sites is 2. The molecule has 0 saturated carbocycles. The molecule has 12 rings (SSSR count). The van der Waals surface area contributed by atoms with Crippen LogP contribution in [0.25, 0.3) is 84.0 Å². The molecule has 0 atom stereocenters. The monoisotopic (exact) mass is 796 g/mol. The molecule has 0 saturated heterocycles. The van der Waals surface area contributed by atoms with Crippen molar-refractivity contribution in [1.82, 2.24) is 9.13 Å². The van der Waals surface area contributed by atoms with E-state index in [2.05, 4.69) is 162 Å². The summed E-state index contributed by atoms with van der Waals surface area (Å²) < 4.78 is 4.99. The van der Waals surface area contributed by atoms with Crippen LogP contribution in [-0.4, -0.2) is 14.8 Å². The Morgan fingerprint density at radius 1 is 0.565 bits per heavy atom. The van der Waals surface area contributed by atoms with E-state index in [1.54, 1.807) is 0 Å². The molecule has 296 valence electrons. The van der Waals surface area contributed by atoms with Crippen molar-refractivity contribution in [2.24, 2.45) is 5.73 Å². The van der Waals surface area contributed by atoms with E-state index in [0.717, 1.165) is 81.0 Å². The third-order valence-electron chi connectivity index (χ3n) is 13.6. The van der Waals surface area contributed by atoms with Gasteiger partial charge in [-0.2, -0.15) is 0 Å². The van der Waals surface area contributed by atoms with Gasteiger partial charge in [-0.15, -0.1) is 0 Å². The predicted octanol–water partition coefficient (Wildman–Crippen LogP) is 11.7. The Bertz CT molecular complexity index is 3680.